The van der Waals surface area contributed by atoms with Crippen molar-refractivity contribution in [3.8, 4) is 0 Å². The maximum atomic E-state index is 13.1. The van der Waals surface area contributed by atoms with Crippen LogP contribution >= 0.6 is 0 Å². The van der Waals surface area contributed by atoms with E-state index in [0.717, 1.165) is 12.3 Å². The molecule has 0 bridgehead atoms. The molecule has 88 valence electrons. The summed E-state index contributed by atoms with van der Waals surface area (Å²) in [6.45, 7) is 0. The van der Waals surface area contributed by atoms with Gasteiger partial charge in [-0.1, -0.05) is 12.1 Å². The van der Waals surface area contributed by atoms with Gasteiger partial charge in [0.05, 0.1) is 0 Å². The molecule has 0 radical (unpaired) electrons. The van der Waals surface area contributed by atoms with E-state index in [1.807, 2.05) is 0 Å². The quantitative estimate of drug-likeness (QED) is 0.802. The van der Waals surface area contributed by atoms with E-state index in [2.05, 4.69) is 0 Å². The third kappa shape index (κ3) is 3.69. The number of Topliss-reactive ketones (excluding diaryl/α,β-unsaturated/α-hetero) is 1. The molecule has 0 unspecified atom stereocenters. The molecule has 0 aliphatic rings. The molecule has 0 N–H and O–H groups in total. The number of hydrogen-bond acceptors (Lipinski definition) is 3. The minimum atomic E-state index is -3.43. The third-order valence-electron chi connectivity index (χ3n) is 1.84. The van der Waals surface area contributed by atoms with Gasteiger partial charge in [0.2, 0.25) is 0 Å². The number of sulfone groups is 1. The van der Waals surface area contributed by atoms with Gasteiger partial charge >= 0.3 is 0 Å². The number of halogens is 2. The normalized spacial score (nSPS) is 11.4. The second-order valence-electron chi connectivity index (χ2n) is 3.50. The zero-order valence-electron chi connectivity index (χ0n) is 8.54. The molecular formula is C10H10F2O3S. The predicted octanol–water partition coefficient (Wildman–Crippen LogP) is 1.12. The van der Waals surface area contributed by atoms with Crippen LogP contribution in [0.15, 0.2) is 18.2 Å². The largest absolute Gasteiger partial charge is 0.298 e. The summed E-state index contributed by atoms with van der Waals surface area (Å²) >= 11 is 0. The molecule has 0 fully saturated rings. The van der Waals surface area contributed by atoms with Crippen LogP contribution < -0.4 is 0 Å². The van der Waals surface area contributed by atoms with Crippen molar-refractivity contribution in [3.63, 3.8) is 0 Å². The summed E-state index contributed by atoms with van der Waals surface area (Å²) in [6.07, 6.45) is 0.490. The Bertz CT molecular complexity index is 509. The van der Waals surface area contributed by atoms with E-state index >= 15 is 0 Å². The first-order chi connectivity index (χ1) is 7.29. The van der Waals surface area contributed by atoms with Crippen LogP contribution in [0.2, 0.25) is 0 Å². The number of ketones is 1. The van der Waals surface area contributed by atoms with Crippen LogP contribution in [0.3, 0.4) is 0 Å². The second-order valence-corrected chi connectivity index (χ2v) is 5.64. The van der Waals surface area contributed by atoms with E-state index in [9.17, 15) is 22.0 Å². The first-order valence-corrected chi connectivity index (χ1v) is 6.48. The van der Waals surface area contributed by atoms with Crippen LogP contribution in [-0.2, 0) is 21.1 Å². The lowest BCUT2D eigenvalue weighted by molar-refractivity contribution is -0.116. The smallest absolute Gasteiger partial charge is 0.162 e. The first-order valence-electron chi connectivity index (χ1n) is 4.42. The van der Waals surface area contributed by atoms with E-state index in [4.69, 9.17) is 0 Å². The highest BCUT2D eigenvalue weighted by Gasteiger charge is 2.15. The lowest BCUT2D eigenvalue weighted by atomic mass is 10.1. The number of rotatable bonds is 4. The fourth-order valence-electron chi connectivity index (χ4n) is 1.24. The summed E-state index contributed by atoms with van der Waals surface area (Å²) < 4.78 is 47.5. The Hall–Kier alpha value is -1.30. The van der Waals surface area contributed by atoms with E-state index in [-0.39, 0.29) is 5.56 Å². The summed E-state index contributed by atoms with van der Waals surface area (Å²) in [6, 6.07) is 3.44. The number of benzene rings is 1. The second kappa shape index (κ2) is 4.69. The lowest BCUT2D eigenvalue weighted by Crippen LogP contribution is -2.17. The Balaban J connectivity index is 2.82. The molecule has 0 aromatic heterocycles. The fraction of sp³-hybridized carbons (Fsp3) is 0.300. The molecule has 3 nitrogen and oxygen atoms in total. The van der Waals surface area contributed by atoms with E-state index in [1.165, 1.54) is 12.1 Å². The highest BCUT2D eigenvalue weighted by Crippen LogP contribution is 2.12. The van der Waals surface area contributed by atoms with Gasteiger partial charge in [0.1, 0.15) is 5.75 Å². The predicted molar refractivity (Wildman–Crippen MR) is 54.8 cm³/mol. The van der Waals surface area contributed by atoms with E-state index in [0.29, 0.717) is 0 Å². The summed E-state index contributed by atoms with van der Waals surface area (Å²) in [7, 11) is -3.43. The Morgan fingerprint density at radius 3 is 2.50 bits per heavy atom. The molecule has 6 heteroatoms. The van der Waals surface area contributed by atoms with E-state index in [1.54, 1.807) is 0 Å². The van der Waals surface area contributed by atoms with Crippen molar-refractivity contribution in [3.05, 3.63) is 35.4 Å². The monoisotopic (exact) mass is 248 g/mol. The van der Waals surface area contributed by atoms with Gasteiger partial charge in [-0.15, -0.1) is 0 Å². The Morgan fingerprint density at radius 2 is 1.94 bits per heavy atom. The molecule has 0 aliphatic heterocycles. The standard InChI is InChI=1S/C10H10F2O3S/c1-16(14,15)6-8(13)5-7-3-2-4-9(11)10(7)12/h2-4H,5-6H2,1H3. The Morgan fingerprint density at radius 1 is 1.31 bits per heavy atom. The SMILES string of the molecule is CS(=O)(=O)CC(=O)Cc1cccc(F)c1F. The molecule has 1 aromatic carbocycles. The molecule has 0 saturated heterocycles. The Labute approximate surface area is 92.0 Å². The number of carbonyl (C=O) groups excluding carboxylic acids is 1. The van der Waals surface area contributed by atoms with Gasteiger partial charge in [-0.3, -0.25) is 4.79 Å². The van der Waals surface area contributed by atoms with Crippen molar-refractivity contribution in [2.45, 2.75) is 6.42 Å². The molecular weight excluding hydrogens is 238 g/mol. The minimum absolute atomic E-state index is 0.131. The average molecular weight is 248 g/mol. The Kier molecular flexibility index (Phi) is 3.74. The molecule has 0 spiro atoms. The number of carbonyl (C=O) groups is 1. The molecule has 1 aromatic rings. The van der Waals surface area contributed by atoms with Gasteiger partial charge in [-0.2, -0.15) is 0 Å². The van der Waals surface area contributed by atoms with Gasteiger partial charge in [-0.05, 0) is 11.6 Å². The molecule has 0 amide bonds. The highest BCUT2D eigenvalue weighted by molar-refractivity contribution is 7.91. The fourth-order valence-corrected chi connectivity index (χ4v) is 1.93. The van der Waals surface area contributed by atoms with Crippen molar-refractivity contribution in [1.29, 1.82) is 0 Å². The summed E-state index contributed by atoms with van der Waals surface area (Å²) in [5.74, 6) is -3.48. The summed E-state index contributed by atoms with van der Waals surface area (Å²) in [5, 5.41) is 0. The molecule has 16 heavy (non-hydrogen) atoms. The van der Waals surface area contributed by atoms with Crippen molar-refractivity contribution >= 4 is 15.6 Å². The highest BCUT2D eigenvalue weighted by atomic mass is 32.2. The zero-order chi connectivity index (χ0) is 12.3. The van der Waals surface area contributed by atoms with Crippen LogP contribution in [0, 0.1) is 11.6 Å². The van der Waals surface area contributed by atoms with Crippen LogP contribution in [0.5, 0.6) is 0 Å². The van der Waals surface area contributed by atoms with Crippen LogP contribution in [0.25, 0.3) is 0 Å². The topological polar surface area (TPSA) is 51.2 Å². The van der Waals surface area contributed by atoms with Crippen molar-refractivity contribution < 1.29 is 22.0 Å². The lowest BCUT2D eigenvalue weighted by Gasteiger charge is -2.02. The number of hydrogen-bond donors (Lipinski definition) is 0. The van der Waals surface area contributed by atoms with Crippen molar-refractivity contribution in [1.82, 2.24) is 0 Å². The molecule has 0 saturated carbocycles. The van der Waals surface area contributed by atoms with Gasteiger partial charge < -0.3 is 0 Å². The van der Waals surface area contributed by atoms with Gasteiger partial charge in [-0.25, -0.2) is 17.2 Å². The van der Waals surface area contributed by atoms with Crippen LogP contribution in [0.4, 0.5) is 8.78 Å². The molecule has 1 rings (SSSR count). The van der Waals surface area contributed by atoms with Gasteiger partial charge in [0, 0.05) is 12.7 Å². The minimum Gasteiger partial charge on any atom is -0.298 e. The first kappa shape index (κ1) is 12.8. The van der Waals surface area contributed by atoms with Crippen molar-refractivity contribution in [2.24, 2.45) is 0 Å². The molecule has 0 heterocycles. The zero-order valence-corrected chi connectivity index (χ0v) is 9.35. The maximum absolute atomic E-state index is 13.1. The third-order valence-corrected chi connectivity index (χ3v) is 2.69. The van der Waals surface area contributed by atoms with Gasteiger partial charge in [0.25, 0.3) is 0 Å². The van der Waals surface area contributed by atoms with Gasteiger partial charge in [0.15, 0.2) is 27.3 Å². The van der Waals surface area contributed by atoms with Crippen LogP contribution in [-0.4, -0.2) is 26.2 Å². The van der Waals surface area contributed by atoms with Crippen molar-refractivity contribution in [2.75, 3.05) is 12.0 Å². The molecule has 0 aliphatic carbocycles. The van der Waals surface area contributed by atoms with Crippen LogP contribution in [0.1, 0.15) is 5.56 Å². The maximum Gasteiger partial charge on any atom is 0.162 e. The molecule has 0 atom stereocenters. The summed E-state index contributed by atoms with van der Waals surface area (Å²) in [4.78, 5) is 11.2. The van der Waals surface area contributed by atoms with E-state index < -0.39 is 39.4 Å². The summed E-state index contributed by atoms with van der Waals surface area (Å²) in [5.41, 5.74) is -0.131. The average Bonchev–Trinajstić information content (AvgIpc) is 2.09.